The molecule has 5 rings (SSSR count). The number of rotatable bonds is 10. The highest BCUT2D eigenvalue weighted by Crippen LogP contribution is 2.40. The van der Waals surface area contributed by atoms with E-state index in [-0.39, 0.29) is 24.4 Å². The topological polar surface area (TPSA) is 71.1 Å². The molecule has 0 N–H and O–H groups in total. The molecule has 0 fully saturated rings. The van der Waals surface area contributed by atoms with Gasteiger partial charge >= 0.3 is 0 Å². The van der Waals surface area contributed by atoms with Gasteiger partial charge in [0.05, 0.1) is 24.4 Å². The Hall–Kier alpha value is -4.58. The van der Waals surface area contributed by atoms with Gasteiger partial charge in [-0.15, -0.1) is 0 Å². The Morgan fingerprint density at radius 1 is 0.417 bits per heavy atom. The molecule has 6 heteroatoms. The summed E-state index contributed by atoms with van der Waals surface area (Å²) in [6.45, 7) is 16.2. The summed E-state index contributed by atoms with van der Waals surface area (Å²) >= 11 is 0. The van der Waals surface area contributed by atoms with Crippen LogP contribution in [-0.2, 0) is 25.7 Å². The predicted molar refractivity (Wildman–Crippen MR) is 191 cm³/mol. The minimum absolute atomic E-state index is 0.0774. The van der Waals surface area contributed by atoms with Gasteiger partial charge in [-0.05, 0) is 124 Å². The van der Waals surface area contributed by atoms with Crippen LogP contribution in [0.25, 0.3) is 0 Å². The molecule has 0 spiro atoms. The van der Waals surface area contributed by atoms with Crippen LogP contribution >= 0.6 is 0 Å². The van der Waals surface area contributed by atoms with Gasteiger partial charge in [-0.2, -0.15) is 0 Å². The van der Waals surface area contributed by atoms with Gasteiger partial charge in [0.15, 0.2) is 0 Å². The Bertz CT molecular complexity index is 1560. The Balaban J connectivity index is 1.86. The van der Waals surface area contributed by atoms with Crippen molar-refractivity contribution in [1.82, 2.24) is 0 Å². The second-order valence-electron chi connectivity index (χ2n) is 13.8. The number of para-hydroxylation sites is 2. The fraction of sp³-hybridized carbons (Fsp3) is 0.381. The Kier molecular flexibility index (Phi) is 10.9. The van der Waals surface area contributed by atoms with Gasteiger partial charge < -0.3 is 18.9 Å². The normalized spacial score (nSPS) is 12.8. The van der Waals surface area contributed by atoms with Gasteiger partial charge in [-0.25, -0.2) is 0 Å². The van der Waals surface area contributed by atoms with Crippen molar-refractivity contribution in [1.29, 1.82) is 0 Å². The zero-order valence-corrected chi connectivity index (χ0v) is 29.5. The molecule has 0 aliphatic heterocycles. The van der Waals surface area contributed by atoms with Crippen LogP contribution in [0.15, 0.2) is 60.7 Å². The van der Waals surface area contributed by atoms with Gasteiger partial charge in [-0.1, -0.05) is 36.4 Å². The van der Waals surface area contributed by atoms with E-state index >= 15 is 0 Å². The second-order valence-corrected chi connectivity index (χ2v) is 13.8. The predicted octanol–water partition coefficient (Wildman–Crippen LogP) is 9.14. The molecule has 0 heterocycles. The van der Waals surface area contributed by atoms with E-state index in [1.807, 2.05) is 91.8 Å². The van der Waals surface area contributed by atoms with Crippen molar-refractivity contribution >= 4 is 12.6 Å². The zero-order valence-electron chi connectivity index (χ0n) is 29.5. The Morgan fingerprint density at radius 2 is 0.646 bits per heavy atom. The van der Waals surface area contributed by atoms with E-state index in [4.69, 9.17) is 18.9 Å². The highest BCUT2D eigenvalue weighted by molar-refractivity contribution is 5.78. The molecule has 4 aromatic rings. The van der Waals surface area contributed by atoms with E-state index in [9.17, 15) is 9.59 Å². The van der Waals surface area contributed by atoms with Crippen molar-refractivity contribution in [2.75, 3.05) is 0 Å². The van der Waals surface area contributed by atoms with E-state index in [2.05, 4.69) is 24.3 Å². The number of aldehydes is 2. The molecular weight excluding hydrogens is 600 g/mol. The van der Waals surface area contributed by atoms with Crippen molar-refractivity contribution in [3.05, 3.63) is 116 Å². The molecular formula is C42H48O6. The minimum Gasteiger partial charge on any atom is -0.490 e. The van der Waals surface area contributed by atoms with Crippen LogP contribution in [-0.4, -0.2) is 37.0 Å². The molecule has 0 unspecified atom stereocenters. The molecule has 4 aromatic carbocycles. The highest BCUT2D eigenvalue weighted by Gasteiger charge is 2.24. The molecule has 0 aromatic heterocycles. The van der Waals surface area contributed by atoms with Gasteiger partial charge in [0, 0.05) is 36.8 Å². The van der Waals surface area contributed by atoms with Crippen molar-refractivity contribution < 1.29 is 28.5 Å². The van der Waals surface area contributed by atoms with Gasteiger partial charge in [0.1, 0.15) is 35.6 Å². The van der Waals surface area contributed by atoms with E-state index in [1.54, 1.807) is 0 Å². The summed E-state index contributed by atoms with van der Waals surface area (Å²) in [7, 11) is 0. The molecule has 0 atom stereocenters. The number of carbonyl (C=O) groups is 2. The minimum atomic E-state index is -0.0814. The van der Waals surface area contributed by atoms with Crippen LogP contribution in [0.2, 0.25) is 0 Å². The van der Waals surface area contributed by atoms with Crippen molar-refractivity contribution in [2.45, 2.75) is 105 Å². The lowest BCUT2D eigenvalue weighted by molar-refractivity contribution is 0.111. The van der Waals surface area contributed by atoms with Crippen molar-refractivity contribution in [3.8, 4) is 23.0 Å². The standard InChI is InChI=1S/C42H48O6/c1-25(2)45-39-31-11-9-12-32(39)20-36-16-30(24-44)18-38(42(36)48-28(7)8)22-34-14-10-13-33(40(34)46-26(3)4)21-37-17-29(23-43)15-35(19-31)41(37)47-27(5)6/h9-18,23-28H,19-22H2,1-8H3. The lowest BCUT2D eigenvalue weighted by Gasteiger charge is -2.25. The van der Waals surface area contributed by atoms with Crippen LogP contribution in [0.3, 0.4) is 0 Å². The molecule has 0 saturated heterocycles. The monoisotopic (exact) mass is 648 g/mol. The number of fused-ring (bicyclic) bond motifs is 8. The van der Waals surface area contributed by atoms with Crippen LogP contribution in [0.1, 0.15) is 121 Å². The number of benzene rings is 4. The lowest BCUT2D eigenvalue weighted by atomic mass is 9.89. The summed E-state index contributed by atoms with van der Waals surface area (Å²) in [4.78, 5) is 24.7. The fourth-order valence-electron chi connectivity index (χ4n) is 6.43. The fourth-order valence-corrected chi connectivity index (χ4v) is 6.43. The molecule has 252 valence electrons. The third kappa shape index (κ3) is 8.10. The molecule has 48 heavy (non-hydrogen) atoms. The molecule has 0 radical (unpaired) electrons. The summed E-state index contributed by atoms with van der Waals surface area (Å²) in [6, 6.07) is 20.1. The molecule has 1 aliphatic carbocycles. The van der Waals surface area contributed by atoms with Crippen molar-refractivity contribution in [2.24, 2.45) is 0 Å². The molecule has 6 nitrogen and oxygen atoms in total. The first-order valence-corrected chi connectivity index (χ1v) is 17.1. The largest absolute Gasteiger partial charge is 0.490 e. The van der Waals surface area contributed by atoms with Crippen molar-refractivity contribution in [3.63, 3.8) is 0 Å². The lowest BCUT2D eigenvalue weighted by Crippen LogP contribution is -2.15. The number of hydrogen-bond acceptors (Lipinski definition) is 6. The first-order chi connectivity index (χ1) is 22.9. The maximum absolute atomic E-state index is 12.3. The average molecular weight is 649 g/mol. The van der Waals surface area contributed by atoms with E-state index in [1.165, 1.54) is 0 Å². The Labute approximate surface area is 285 Å². The number of hydrogen-bond donors (Lipinski definition) is 0. The summed E-state index contributed by atoms with van der Waals surface area (Å²) in [5, 5.41) is 0. The quantitative estimate of drug-likeness (QED) is 0.141. The Morgan fingerprint density at radius 3 is 0.854 bits per heavy atom. The maximum Gasteiger partial charge on any atom is 0.150 e. The van der Waals surface area contributed by atoms with Gasteiger partial charge in [0.2, 0.25) is 0 Å². The molecule has 1 aliphatic rings. The van der Waals surface area contributed by atoms with Gasteiger partial charge in [0.25, 0.3) is 0 Å². The van der Waals surface area contributed by atoms with Crippen LogP contribution in [0, 0.1) is 0 Å². The number of carbonyl (C=O) groups excluding carboxylic acids is 2. The molecule has 0 amide bonds. The van der Waals surface area contributed by atoms with E-state index in [0.29, 0.717) is 36.8 Å². The smallest absolute Gasteiger partial charge is 0.150 e. The van der Waals surface area contributed by atoms with E-state index in [0.717, 1.165) is 80.1 Å². The zero-order chi connectivity index (χ0) is 34.5. The summed E-state index contributed by atoms with van der Waals surface area (Å²) in [5.41, 5.74) is 8.79. The first-order valence-electron chi connectivity index (χ1n) is 17.1. The second kappa shape index (κ2) is 15.1. The highest BCUT2D eigenvalue weighted by atomic mass is 16.5. The first kappa shape index (κ1) is 34.7. The summed E-state index contributed by atoms with van der Waals surface area (Å²) < 4.78 is 26.3. The maximum atomic E-state index is 12.3. The third-order valence-corrected chi connectivity index (χ3v) is 8.10. The molecule has 8 bridgehead atoms. The summed E-state index contributed by atoms with van der Waals surface area (Å²) in [6.07, 6.45) is 3.48. The summed E-state index contributed by atoms with van der Waals surface area (Å²) in [5.74, 6) is 3.13. The number of ether oxygens (including phenoxy) is 4. The van der Waals surface area contributed by atoms with Crippen LogP contribution in [0.4, 0.5) is 0 Å². The van der Waals surface area contributed by atoms with Crippen LogP contribution < -0.4 is 18.9 Å². The van der Waals surface area contributed by atoms with E-state index < -0.39 is 0 Å². The third-order valence-electron chi connectivity index (χ3n) is 8.10. The average Bonchev–Trinajstić information content (AvgIpc) is 3.01. The SMILES string of the molecule is CC(C)Oc1c2cccc1Cc1cc(C=O)cc(c1OC(C)C)Cc1cccc(c1OC(C)C)Cc1cc(C=O)cc(c1OC(C)C)C2. The van der Waals surface area contributed by atoms with Gasteiger partial charge in [-0.3, -0.25) is 9.59 Å². The van der Waals surface area contributed by atoms with Crippen LogP contribution in [0.5, 0.6) is 23.0 Å². The molecule has 0 saturated carbocycles.